The standard InChI is InChI=1S/C19H19FN4S/c1-14-2-4-15(5-3-14)10-21-19(25)23-18-11-22-24(13-18)12-16-6-8-17(20)9-7-16/h2-9,11,13H,10,12H2,1H3,(H2,21,23,25). The summed E-state index contributed by atoms with van der Waals surface area (Å²) in [7, 11) is 0. The third-order valence-corrected chi connectivity index (χ3v) is 3.97. The number of nitrogens with zero attached hydrogens (tertiary/aromatic N) is 2. The van der Waals surface area contributed by atoms with Crippen LogP contribution in [0.2, 0.25) is 0 Å². The molecule has 0 aliphatic heterocycles. The van der Waals surface area contributed by atoms with E-state index in [1.165, 1.54) is 23.3 Å². The summed E-state index contributed by atoms with van der Waals surface area (Å²) in [6.07, 6.45) is 3.58. The second-order valence-corrected chi connectivity index (χ2v) is 6.25. The molecule has 0 atom stereocenters. The summed E-state index contributed by atoms with van der Waals surface area (Å²) >= 11 is 5.31. The molecule has 0 amide bonds. The highest BCUT2D eigenvalue weighted by Crippen LogP contribution is 2.09. The first kappa shape index (κ1) is 17.1. The Kier molecular flexibility index (Phi) is 5.40. The van der Waals surface area contributed by atoms with Crippen LogP contribution in [0.3, 0.4) is 0 Å². The molecule has 0 fully saturated rings. The van der Waals surface area contributed by atoms with E-state index in [0.717, 1.165) is 11.3 Å². The van der Waals surface area contributed by atoms with Crippen LogP contribution >= 0.6 is 12.2 Å². The second kappa shape index (κ2) is 7.90. The van der Waals surface area contributed by atoms with Crippen molar-refractivity contribution in [2.45, 2.75) is 20.0 Å². The molecule has 0 saturated heterocycles. The monoisotopic (exact) mass is 354 g/mol. The fraction of sp³-hybridized carbons (Fsp3) is 0.158. The van der Waals surface area contributed by atoms with E-state index < -0.39 is 0 Å². The van der Waals surface area contributed by atoms with Crippen molar-refractivity contribution >= 4 is 23.0 Å². The normalized spacial score (nSPS) is 10.5. The summed E-state index contributed by atoms with van der Waals surface area (Å²) in [6, 6.07) is 14.7. The van der Waals surface area contributed by atoms with Gasteiger partial charge in [-0.25, -0.2) is 4.39 Å². The Morgan fingerprint density at radius 1 is 1.08 bits per heavy atom. The Morgan fingerprint density at radius 2 is 1.76 bits per heavy atom. The maximum atomic E-state index is 12.9. The van der Waals surface area contributed by atoms with Gasteiger partial charge in [0, 0.05) is 12.7 Å². The Labute approximate surface area is 151 Å². The van der Waals surface area contributed by atoms with E-state index in [-0.39, 0.29) is 5.82 Å². The Bertz CT molecular complexity index is 841. The molecule has 0 saturated carbocycles. The SMILES string of the molecule is Cc1ccc(CNC(=S)Nc2cnn(Cc3ccc(F)cc3)c2)cc1. The molecule has 0 bridgehead atoms. The fourth-order valence-corrected chi connectivity index (χ4v) is 2.55. The molecule has 0 radical (unpaired) electrons. The van der Waals surface area contributed by atoms with Crippen molar-refractivity contribution in [1.29, 1.82) is 0 Å². The van der Waals surface area contributed by atoms with Gasteiger partial charge in [0.25, 0.3) is 0 Å². The maximum Gasteiger partial charge on any atom is 0.171 e. The van der Waals surface area contributed by atoms with Gasteiger partial charge < -0.3 is 10.6 Å². The first-order chi connectivity index (χ1) is 12.1. The molecular weight excluding hydrogens is 335 g/mol. The topological polar surface area (TPSA) is 41.9 Å². The van der Waals surface area contributed by atoms with Crippen LogP contribution in [0.15, 0.2) is 60.9 Å². The molecule has 0 aliphatic rings. The molecule has 2 aromatic carbocycles. The van der Waals surface area contributed by atoms with Crippen LogP contribution in [0.1, 0.15) is 16.7 Å². The Balaban J connectivity index is 1.51. The summed E-state index contributed by atoms with van der Waals surface area (Å²) in [4.78, 5) is 0. The van der Waals surface area contributed by atoms with Gasteiger partial charge in [-0.2, -0.15) is 5.10 Å². The number of anilines is 1. The Hall–Kier alpha value is -2.73. The molecular formula is C19H19FN4S. The quantitative estimate of drug-likeness (QED) is 0.683. The molecule has 2 N–H and O–H groups in total. The maximum absolute atomic E-state index is 12.9. The third-order valence-electron chi connectivity index (χ3n) is 3.72. The van der Waals surface area contributed by atoms with Crippen LogP contribution in [0, 0.1) is 12.7 Å². The van der Waals surface area contributed by atoms with Crippen LogP contribution in [0.5, 0.6) is 0 Å². The highest BCUT2D eigenvalue weighted by molar-refractivity contribution is 7.80. The molecule has 0 unspecified atom stereocenters. The molecule has 4 nitrogen and oxygen atoms in total. The minimum atomic E-state index is -0.239. The molecule has 6 heteroatoms. The molecule has 0 spiro atoms. The number of nitrogens with one attached hydrogen (secondary N) is 2. The summed E-state index contributed by atoms with van der Waals surface area (Å²) in [6.45, 7) is 3.30. The van der Waals surface area contributed by atoms with E-state index in [1.54, 1.807) is 23.0 Å². The van der Waals surface area contributed by atoms with Crippen LogP contribution in [0.25, 0.3) is 0 Å². The van der Waals surface area contributed by atoms with Crippen LogP contribution in [-0.2, 0) is 13.1 Å². The van der Waals surface area contributed by atoms with Gasteiger partial charge in [0.15, 0.2) is 5.11 Å². The van der Waals surface area contributed by atoms with Gasteiger partial charge in [0.2, 0.25) is 0 Å². The largest absolute Gasteiger partial charge is 0.358 e. The van der Waals surface area contributed by atoms with Gasteiger partial charge >= 0.3 is 0 Å². The highest BCUT2D eigenvalue weighted by Gasteiger charge is 2.03. The number of thiocarbonyl (C=S) groups is 1. The molecule has 128 valence electrons. The fourth-order valence-electron chi connectivity index (χ4n) is 2.36. The zero-order valence-electron chi connectivity index (χ0n) is 13.9. The van der Waals surface area contributed by atoms with Crippen LogP contribution in [0.4, 0.5) is 10.1 Å². The zero-order chi connectivity index (χ0) is 17.6. The second-order valence-electron chi connectivity index (χ2n) is 5.85. The first-order valence-corrected chi connectivity index (χ1v) is 8.36. The first-order valence-electron chi connectivity index (χ1n) is 7.96. The number of hydrogen-bond acceptors (Lipinski definition) is 2. The lowest BCUT2D eigenvalue weighted by atomic mass is 10.1. The van der Waals surface area contributed by atoms with Gasteiger partial charge in [0.05, 0.1) is 18.4 Å². The minimum absolute atomic E-state index is 0.239. The van der Waals surface area contributed by atoms with Gasteiger partial charge in [-0.15, -0.1) is 0 Å². The van der Waals surface area contributed by atoms with E-state index in [2.05, 4.69) is 46.9 Å². The summed E-state index contributed by atoms with van der Waals surface area (Å²) in [5.41, 5.74) is 4.19. The van der Waals surface area contributed by atoms with Gasteiger partial charge in [0.1, 0.15) is 5.82 Å². The van der Waals surface area contributed by atoms with Crippen molar-refractivity contribution in [1.82, 2.24) is 15.1 Å². The number of rotatable bonds is 5. The van der Waals surface area contributed by atoms with Crippen LogP contribution in [-0.4, -0.2) is 14.9 Å². The van der Waals surface area contributed by atoms with E-state index in [9.17, 15) is 4.39 Å². The molecule has 1 heterocycles. The van der Waals surface area contributed by atoms with E-state index in [4.69, 9.17) is 12.2 Å². The lowest BCUT2D eigenvalue weighted by Crippen LogP contribution is -2.27. The van der Waals surface area contributed by atoms with Gasteiger partial charge in [-0.3, -0.25) is 4.68 Å². The Morgan fingerprint density at radius 3 is 2.48 bits per heavy atom. The average Bonchev–Trinajstić information content (AvgIpc) is 3.03. The minimum Gasteiger partial charge on any atom is -0.358 e. The molecule has 3 rings (SSSR count). The van der Waals surface area contributed by atoms with Crippen molar-refractivity contribution in [3.8, 4) is 0 Å². The van der Waals surface area contributed by atoms with Gasteiger partial charge in [-0.1, -0.05) is 42.0 Å². The number of aryl methyl sites for hydroxylation is 1. The number of benzene rings is 2. The van der Waals surface area contributed by atoms with E-state index >= 15 is 0 Å². The van der Waals surface area contributed by atoms with Crippen molar-refractivity contribution in [2.24, 2.45) is 0 Å². The third kappa shape index (κ3) is 5.12. The predicted molar refractivity (Wildman–Crippen MR) is 102 cm³/mol. The predicted octanol–water partition coefficient (Wildman–Crippen LogP) is 3.87. The number of aromatic nitrogens is 2. The summed E-state index contributed by atoms with van der Waals surface area (Å²) in [5, 5.41) is 11.1. The van der Waals surface area contributed by atoms with Crippen LogP contribution < -0.4 is 10.6 Å². The van der Waals surface area contributed by atoms with Crippen molar-refractivity contribution < 1.29 is 4.39 Å². The highest BCUT2D eigenvalue weighted by atomic mass is 32.1. The van der Waals surface area contributed by atoms with Crippen molar-refractivity contribution in [3.63, 3.8) is 0 Å². The van der Waals surface area contributed by atoms with Crippen molar-refractivity contribution in [2.75, 3.05) is 5.32 Å². The van der Waals surface area contributed by atoms with Gasteiger partial charge in [-0.05, 0) is 42.4 Å². The van der Waals surface area contributed by atoms with Crippen molar-refractivity contribution in [3.05, 3.63) is 83.4 Å². The zero-order valence-corrected chi connectivity index (χ0v) is 14.7. The lowest BCUT2D eigenvalue weighted by Gasteiger charge is -2.09. The molecule has 0 aliphatic carbocycles. The smallest absolute Gasteiger partial charge is 0.171 e. The molecule has 3 aromatic rings. The number of hydrogen-bond donors (Lipinski definition) is 2. The van der Waals surface area contributed by atoms with E-state index in [0.29, 0.717) is 18.2 Å². The van der Waals surface area contributed by atoms with E-state index in [1.807, 2.05) is 6.20 Å². The summed E-state index contributed by atoms with van der Waals surface area (Å²) < 4.78 is 14.7. The average molecular weight is 354 g/mol. The number of halogens is 1. The molecule has 1 aromatic heterocycles. The molecule has 25 heavy (non-hydrogen) atoms. The lowest BCUT2D eigenvalue weighted by molar-refractivity contribution is 0.624. The summed E-state index contributed by atoms with van der Waals surface area (Å²) in [5.74, 6) is -0.239.